The van der Waals surface area contributed by atoms with Gasteiger partial charge in [0.05, 0.1) is 6.20 Å². The Morgan fingerprint density at radius 2 is 2.04 bits per heavy atom. The standard InChI is InChI=1S/C14H15F2N3O3S/c1-18(7-10-6-17-19(2)8-10)14(20)9-23(21,22)13-4-3-11(15)5-12(13)16/h3-6,8H,7,9H2,1-2H3. The van der Waals surface area contributed by atoms with Crippen molar-refractivity contribution in [2.45, 2.75) is 11.4 Å². The third-order valence-electron chi connectivity index (χ3n) is 3.15. The molecule has 1 amide bonds. The van der Waals surface area contributed by atoms with Crippen molar-refractivity contribution in [3.8, 4) is 0 Å². The van der Waals surface area contributed by atoms with E-state index in [0.29, 0.717) is 6.07 Å². The van der Waals surface area contributed by atoms with Crippen molar-refractivity contribution in [1.29, 1.82) is 0 Å². The predicted octanol–water partition coefficient (Wildman–Crippen LogP) is 1.13. The Hall–Kier alpha value is -2.29. The number of halogens is 2. The quantitative estimate of drug-likeness (QED) is 0.763. The van der Waals surface area contributed by atoms with Crippen LogP contribution in [0.4, 0.5) is 8.78 Å². The molecule has 1 heterocycles. The van der Waals surface area contributed by atoms with Gasteiger partial charge in [-0.2, -0.15) is 5.10 Å². The van der Waals surface area contributed by atoms with Crippen molar-refractivity contribution in [3.63, 3.8) is 0 Å². The molecule has 124 valence electrons. The lowest BCUT2D eigenvalue weighted by Gasteiger charge is -2.16. The maximum absolute atomic E-state index is 13.6. The van der Waals surface area contributed by atoms with E-state index in [1.807, 2.05) is 0 Å². The van der Waals surface area contributed by atoms with Gasteiger partial charge in [0, 0.05) is 38.5 Å². The molecule has 1 aromatic heterocycles. The van der Waals surface area contributed by atoms with Gasteiger partial charge in [0.2, 0.25) is 5.91 Å². The molecule has 2 aromatic rings. The summed E-state index contributed by atoms with van der Waals surface area (Å²) >= 11 is 0. The highest BCUT2D eigenvalue weighted by molar-refractivity contribution is 7.92. The Bertz CT molecular complexity index is 834. The van der Waals surface area contributed by atoms with E-state index in [4.69, 9.17) is 0 Å². The highest BCUT2D eigenvalue weighted by Crippen LogP contribution is 2.17. The Kier molecular flexibility index (Phi) is 4.79. The first-order valence-electron chi connectivity index (χ1n) is 6.58. The molecule has 0 aliphatic carbocycles. The molecule has 0 N–H and O–H groups in total. The lowest BCUT2D eigenvalue weighted by molar-refractivity contribution is -0.127. The first-order chi connectivity index (χ1) is 10.7. The second-order valence-corrected chi connectivity index (χ2v) is 7.06. The van der Waals surface area contributed by atoms with E-state index in [1.165, 1.54) is 11.9 Å². The van der Waals surface area contributed by atoms with E-state index in [2.05, 4.69) is 5.10 Å². The highest BCUT2D eigenvalue weighted by Gasteiger charge is 2.25. The number of benzene rings is 1. The van der Waals surface area contributed by atoms with Crippen LogP contribution in [0.5, 0.6) is 0 Å². The second kappa shape index (κ2) is 6.45. The molecule has 0 aliphatic rings. The molecule has 6 nitrogen and oxygen atoms in total. The fourth-order valence-corrected chi connectivity index (χ4v) is 3.33. The zero-order valence-electron chi connectivity index (χ0n) is 12.5. The number of hydrogen-bond donors (Lipinski definition) is 0. The largest absolute Gasteiger partial charge is 0.340 e. The van der Waals surface area contributed by atoms with Crippen molar-refractivity contribution in [1.82, 2.24) is 14.7 Å². The van der Waals surface area contributed by atoms with Crippen LogP contribution in [0.15, 0.2) is 35.5 Å². The summed E-state index contributed by atoms with van der Waals surface area (Å²) in [6.07, 6.45) is 3.25. The van der Waals surface area contributed by atoms with Gasteiger partial charge in [0.25, 0.3) is 0 Å². The predicted molar refractivity (Wildman–Crippen MR) is 78.1 cm³/mol. The van der Waals surface area contributed by atoms with Crippen LogP contribution < -0.4 is 0 Å². The van der Waals surface area contributed by atoms with Crippen LogP contribution in [0, 0.1) is 11.6 Å². The van der Waals surface area contributed by atoms with E-state index in [9.17, 15) is 22.0 Å². The molecule has 23 heavy (non-hydrogen) atoms. The zero-order chi connectivity index (χ0) is 17.2. The fourth-order valence-electron chi connectivity index (χ4n) is 1.99. The van der Waals surface area contributed by atoms with Gasteiger partial charge in [-0.15, -0.1) is 0 Å². The number of sulfone groups is 1. The van der Waals surface area contributed by atoms with Crippen molar-refractivity contribution >= 4 is 15.7 Å². The van der Waals surface area contributed by atoms with Crippen LogP contribution >= 0.6 is 0 Å². The summed E-state index contributed by atoms with van der Waals surface area (Å²) in [7, 11) is -1.04. The average molecular weight is 343 g/mol. The molecule has 0 fully saturated rings. The molecule has 0 spiro atoms. The van der Waals surface area contributed by atoms with E-state index >= 15 is 0 Å². The summed E-state index contributed by atoms with van der Waals surface area (Å²) in [6, 6.07) is 2.12. The Morgan fingerprint density at radius 3 is 2.61 bits per heavy atom. The van der Waals surface area contributed by atoms with Gasteiger partial charge in [0.15, 0.2) is 9.84 Å². The molecule has 0 saturated carbocycles. The van der Waals surface area contributed by atoms with Crippen molar-refractivity contribution in [2.24, 2.45) is 7.05 Å². The fraction of sp³-hybridized carbons (Fsp3) is 0.286. The van der Waals surface area contributed by atoms with Gasteiger partial charge in [-0.25, -0.2) is 17.2 Å². The van der Waals surface area contributed by atoms with Gasteiger partial charge in [0.1, 0.15) is 22.3 Å². The maximum Gasteiger partial charge on any atom is 0.238 e. The summed E-state index contributed by atoms with van der Waals surface area (Å²) in [6.45, 7) is 0.175. The molecule has 9 heteroatoms. The normalized spacial score (nSPS) is 11.5. The third kappa shape index (κ3) is 4.13. The van der Waals surface area contributed by atoms with Gasteiger partial charge in [-0.1, -0.05) is 0 Å². The minimum Gasteiger partial charge on any atom is -0.340 e. The number of carbonyl (C=O) groups excluding carboxylic acids is 1. The molecule has 1 aromatic carbocycles. The van der Waals surface area contributed by atoms with Gasteiger partial charge in [-0.3, -0.25) is 9.48 Å². The molecule has 0 bridgehead atoms. The molecular formula is C14H15F2N3O3S. The molecule has 0 radical (unpaired) electrons. The minimum atomic E-state index is -4.19. The molecule has 2 rings (SSSR count). The van der Waals surface area contributed by atoms with Crippen LogP contribution in [0.1, 0.15) is 5.56 Å². The Labute approximate surface area is 132 Å². The van der Waals surface area contributed by atoms with Crippen molar-refractivity contribution in [3.05, 3.63) is 47.8 Å². The van der Waals surface area contributed by atoms with Crippen molar-refractivity contribution < 1.29 is 22.0 Å². The van der Waals surface area contributed by atoms with E-state index in [-0.39, 0.29) is 6.54 Å². The monoisotopic (exact) mass is 343 g/mol. The SMILES string of the molecule is CN(Cc1cnn(C)c1)C(=O)CS(=O)(=O)c1ccc(F)cc1F. The lowest BCUT2D eigenvalue weighted by atomic mass is 10.3. The third-order valence-corrected chi connectivity index (χ3v) is 4.77. The molecular weight excluding hydrogens is 328 g/mol. The summed E-state index contributed by atoms with van der Waals surface area (Å²) in [5.74, 6) is -3.70. The van der Waals surface area contributed by atoms with Crippen molar-refractivity contribution in [2.75, 3.05) is 12.8 Å². The summed E-state index contributed by atoms with van der Waals surface area (Å²) in [4.78, 5) is 12.6. The Balaban J connectivity index is 2.11. The van der Waals surface area contributed by atoms with Gasteiger partial charge in [-0.05, 0) is 12.1 Å². The van der Waals surface area contributed by atoms with Gasteiger partial charge < -0.3 is 4.90 Å². The Morgan fingerprint density at radius 1 is 1.35 bits per heavy atom. The first kappa shape index (κ1) is 17.1. The number of amides is 1. The molecule has 0 saturated heterocycles. The number of rotatable bonds is 5. The second-order valence-electron chi connectivity index (χ2n) is 5.11. The van der Waals surface area contributed by atoms with Gasteiger partial charge >= 0.3 is 0 Å². The lowest BCUT2D eigenvalue weighted by Crippen LogP contribution is -2.32. The topological polar surface area (TPSA) is 72.3 Å². The summed E-state index contributed by atoms with van der Waals surface area (Å²) in [5, 5.41) is 3.95. The number of carbonyl (C=O) groups is 1. The maximum atomic E-state index is 13.6. The van der Waals surface area contributed by atoms with Crippen LogP contribution in [0.2, 0.25) is 0 Å². The summed E-state index contributed by atoms with van der Waals surface area (Å²) in [5.41, 5.74) is 0.730. The smallest absolute Gasteiger partial charge is 0.238 e. The summed E-state index contributed by atoms with van der Waals surface area (Å²) < 4.78 is 52.2. The number of aryl methyl sites for hydroxylation is 1. The van der Waals surface area contributed by atoms with Crippen LogP contribution in [0.3, 0.4) is 0 Å². The molecule has 0 atom stereocenters. The van der Waals surface area contributed by atoms with Crippen LogP contribution in [0.25, 0.3) is 0 Å². The van der Waals surface area contributed by atoms with E-state index in [1.54, 1.807) is 24.1 Å². The van der Waals surface area contributed by atoms with Crippen LogP contribution in [-0.2, 0) is 28.2 Å². The molecule has 0 unspecified atom stereocenters. The van der Waals surface area contributed by atoms with Crippen LogP contribution in [-0.4, -0.2) is 41.8 Å². The zero-order valence-corrected chi connectivity index (χ0v) is 13.3. The van der Waals surface area contributed by atoms with E-state index < -0.39 is 38.0 Å². The number of hydrogen-bond acceptors (Lipinski definition) is 4. The van der Waals surface area contributed by atoms with E-state index in [0.717, 1.165) is 17.7 Å². The number of aromatic nitrogens is 2. The number of nitrogens with zero attached hydrogens (tertiary/aromatic N) is 3. The first-order valence-corrected chi connectivity index (χ1v) is 8.23. The molecule has 0 aliphatic heterocycles. The average Bonchev–Trinajstić information content (AvgIpc) is 2.82. The minimum absolute atomic E-state index is 0.175. The highest BCUT2D eigenvalue weighted by atomic mass is 32.2.